The minimum absolute atomic E-state index is 0.384. The van der Waals surface area contributed by atoms with E-state index in [0.717, 1.165) is 0 Å². The quantitative estimate of drug-likeness (QED) is 0.157. The SMILES string of the molecule is c1ccc2[se]c(-c3ccc(-c4ccc5c(c4)sc4c6ccc(-c7ccc(-c8cc9ccccc9[se]8)cc7)cc6sc54)cc3)cc2c1. The Morgan fingerprint density at radius 1 is 0.348 bits per heavy atom. The molecular weight excluding hydrogens is 727 g/mol. The molecule has 0 aliphatic rings. The summed E-state index contributed by atoms with van der Waals surface area (Å²) in [6.07, 6.45) is 0. The summed E-state index contributed by atoms with van der Waals surface area (Å²) in [5, 5.41) is 5.51. The van der Waals surface area contributed by atoms with Crippen LogP contribution in [0.25, 0.3) is 91.1 Å². The monoisotopic (exact) mass is 752 g/mol. The summed E-state index contributed by atoms with van der Waals surface area (Å²) in [7, 11) is 0. The standard InChI is InChI=1S/C42H24S2Se2/c1-3-7-37-31(5-1)23-39(45-37)27-13-9-25(10-14-27)29-17-19-33-35(21-29)43-42-34-20-18-30(22-36(34)44-41(33)42)26-11-15-28(16-12-26)40-24-32-6-2-4-8-38(32)46-40/h1-24H. The van der Waals surface area contributed by atoms with Gasteiger partial charge in [0.05, 0.1) is 0 Å². The maximum atomic E-state index is 2.39. The van der Waals surface area contributed by atoms with Crippen LogP contribution < -0.4 is 0 Å². The van der Waals surface area contributed by atoms with Crippen LogP contribution in [0.4, 0.5) is 0 Å². The van der Waals surface area contributed by atoms with E-state index in [-0.39, 0.29) is 0 Å². The molecule has 0 radical (unpaired) electrons. The molecular formula is C42H24S2Se2. The van der Waals surface area contributed by atoms with Crippen molar-refractivity contribution < 1.29 is 0 Å². The molecule has 0 saturated carbocycles. The Bertz CT molecular complexity index is 2480. The van der Waals surface area contributed by atoms with Gasteiger partial charge in [0, 0.05) is 0 Å². The summed E-state index contributed by atoms with van der Waals surface area (Å²) >= 11 is 4.64. The van der Waals surface area contributed by atoms with E-state index >= 15 is 0 Å². The molecule has 10 aromatic rings. The van der Waals surface area contributed by atoms with Crippen molar-refractivity contribution in [1.82, 2.24) is 0 Å². The maximum absolute atomic E-state index is 2.39. The van der Waals surface area contributed by atoms with Crippen LogP contribution in [-0.2, 0) is 0 Å². The summed E-state index contributed by atoms with van der Waals surface area (Å²) in [4.78, 5) is 0. The minimum atomic E-state index is 0.384. The van der Waals surface area contributed by atoms with E-state index in [1.54, 1.807) is 0 Å². The van der Waals surface area contributed by atoms with Crippen molar-refractivity contribution in [3.63, 3.8) is 0 Å². The first kappa shape index (κ1) is 27.2. The number of thiophene rings is 2. The Hall–Kier alpha value is -3.98. The molecule has 216 valence electrons. The molecule has 6 aromatic carbocycles. The third kappa shape index (κ3) is 4.53. The molecule has 0 amide bonds. The van der Waals surface area contributed by atoms with Crippen LogP contribution >= 0.6 is 22.7 Å². The van der Waals surface area contributed by atoms with Gasteiger partial charge in [-0.3, -0.25) is 0 Å². The molecule has 0 atom stereocenters. The Balaban J connectivity index is 0.950. The van der Waals surface area contributed by atoms with Crippen molar-refractivity contribution in [2.75, 3.05) is 0 Å². The number of hydrogen-bond acceptors (Lipinski definition) is 2. The van der Waals surface area contributed by atoms with Gasteiger partial charge in [0.25, 0.3) is 0 Å². The Kier molecular flexibility index (Phi) is 6.37. The van der Waals surface area contributed by atoms with Gasteiger partial charge in [-0.2, -0.15) is 0 Å². The second kappa shape index (κ2) is 10.8. The molecule has 4 aromatic heterocycles. The molecule has 4 heteroatoms. The number of hydrogen-bond donors (Lipinski definition) is 0. The van der Waals surface area contributed by atoms with Gasteiger partial charge in [0.15, 0.2) is 0 Å². The van der Waals surface area contributed by atoms with Gasteiger partial charge < -0.3 is 0 Å². The number of benzene rings is 6. The molecule has 0 aliphatic carbocycles. The van der Waals surface area contributed by atoms with E-state index in [1.807, 2.05) is 22.7 Å². The zero-order valence-corrected chi connectivity index (χ0v) is 29.5. The fraction of sp³-hybridized carbons (Fsp3) is 0. The van der Waals surface area contributed by atoms with Crippen molar-refractivity contribution in [3.05, 3.63) is 146 Å². The summed E-state index contributed by atoms with van der Waals surface area (Å²) in [6, 6.07) is 54.7. The second-order valence-electron chi connectivity index (χ2n) is 11.7. The van der Waals surface area contributed by atoms with Crippen molar-refractivity contribution in [2.45, 2.75) is 0 Å². The van der Waals surface area contributed by atoms with Crippen molar-refractivity contribution in [2.24, 2.45) is 0 Å². The average molecular weight is 751 g/mol. The summed E-state index contributed by atoms with van der Waals surface area (Å²) < 4.78 is 11.5. The van der Waals surface area contributed by atoms with E-state index < -0.39 is 0 Å². The molecule has 0 N–H and O–H groups in total. The molecule has 10 rings (SSSR count). The predicted octanol–water partition coefficient (Wildman–Crippen LogP) is 12.4. The van der Waals surface area contributed by atoms with Crippen molar-refractivity contribution in [3.8, 4) is 42.3 Å². The number of fused-ring (bicyclic) bond motifs is 7. The molecule has 0 nitrogen and oxygen atoms in total. The third-order valence-electron chi connectivity index (χ3n) is 8.94. The summed E-state index contributed by atoms with van der Waals surface area (Å²) in [5.41, 5.74) is 7.82. The topological polar surface area (TPSA) is 0 Å². The van der Waals surface area contributed by atoms with Crippen molar-refractivity contribution >= 4 is 101 Å². The summed E-state index contributed by atoms with van der Waals surface area (Å²) in [5.74, 6) is 0. The predicted molar refractivity (Wildman–Crippen MR) is 205 cm³/mol. The molecule has 0 bridgehead atoms. The second-order valence-corrected chi connectivity index (χ2v) is 18.4. The number of rotatable bonds is 4. The van der Waals surface area contributed by atoms with Crippen molar-refractivity contribution in [1.29, 1.82) is 0 Å². The van der Waals surface area contributed by atoms with E-state index in [0.29, 0.717) is 29.0 Å². The Morgan fingerprint density at radius 2 is 0.739 bits per heavy atom. The third-order valence-corrected chi connectivity index (χ3v) is 16.3. The van der Waals surface area contributed by atoms with Gasteiger partial charge in [-0.25, -0.2) is 0 Å². The van der Waals surface area contributed by atoms with Crippen LogP contribution in [0.15, 0.2) is 146 Å². The van der Waals surface area contributed by atoms with E-state index in [4.69, 9.17) is 0 Å². The Labute approximate surface area is 286 Å². The van der Waals surface area contributed by atoms with Crippen LogP contribution in [0, 0.1) is 0 Å². The first-order valence-electron chi connectivity index (χ1n) is 15.3. The van der Waals surface area contributed by atoms with Crippen LogP contribution in [-0.4, -0.2) is 29.0 Å². The summed E-state index contributed by atoms with van der Waals surface area (Å²) in [6.45, 7) is 0. The fourth-order valence-electron chi connectivity index (χ4n) is 6.52. The molecule has 0 unspecified atom stereocenters. The van der Waals surface area contributed by atoms with Crippen LogP contribution in [0.3, 0.4) is 0 Å². The van der Waals surface area contributed by atoms with E-state index in [2.05, 4.69) is 146 Å². The Morgan fingerprint density at radius 3 is 1.17 bits per heavy atom. The van der Waals surface area contributed by atoms with E-state index in [9.17, 15) is 0 Å². The molecule has 4 heterocycles. The van der Waals surface area contributed by atoms with Gasteiger partial charge in [-0.15, -0.1) is 0 Å². The van der Waals surface area contributed by atoms with Gasteiger partial charge >= 0.3 is 288 Å². The average Bonchev–Trinajstić information content (AvgIpc) is 3.89. The molecule has 0 fully saturated rings. The molecule has 0 aliphatic heterocycles. The van der Waals surface area contributed by atoms with Crippen LogP contribution in [0.5, 0.6) is 0 Å². The molecule has 0 saturated heterocycles. The first-order chi connectivity index (χ1) is 22.7. The van der Waals surface area contributed by atoms with Gasteiger partial charge in [-0.05, 0) is 0 Å². The molecule has 46 heavy (non-hydrogen) atoms. The first-order valence-corrected chi connectivity index (χ1v) is 20.4. The van der Waals surface area contributed by atoms with Crippen LogP contribution in [0.2, 0.25) is 0 Å². The molecule has 0 spiro atoms. The zero-order chi connectivity index (χ0) is 30.2. The normalized spacial score (nSPS) is 11.9. The van der Waals surface area contributed by atoms with Gasteiger partial charge in [0.1, 0.15) is 0 Å². The van der Waals surface area contributed by atoms with Crippen LogP contribution in [0.1, 0.15) is 0 Å². The van der Waals surface area contributed by atoms with Gasteiger partial charge in [0.2, 0.25) is 0 Å². The van der Waals surface area contributed by atoms with Gasteiger partial charge in [-0.1, -0.05) is 0 Å². The zero-order valence-electron chi connectivity index (χ0n) is 24.5. The fourth-order valence-corrected chi connectivity index (χ4v) is 13.7. The van der Waals surface area contributed by atoms with E-state index in [1.165, 1.54) is 91.1 Å².